The van der Waals surface area contributed by atoms with E-state index in [2.05, 4.69) is 47.0 Å². The largest absolute Gasteiger partial charge is 0.455 e. The molecule has 4 N–H and O–H groups in total. The van der Waals surface area contributed by atoms with E-state index in [1.807, 2.05) is 0 Å². The van der Waals surface area contributed by atoms with Crippen molar-refractivity contribution in [2.75, 3.05) is 39.5 Å². The first-order chi connectivity index (χ1) is 15.9. The van der Waals surface area contributed by atoms with E-state index in [1.165, 1.54) is 21.9 Å². The number of nitrogens with zero attached hydrogens (tertiary/aromatic N) is 2. The van der Waals surface area contributed by atoms with Crippen molar-refractivity contribution in [3.8, 4) is 0 Å². The second-order valence-electron chi connectivity index (χ2n) is 6.92. The summed E-state index contributed by atoms with van der Waals surface area (Å²) in [6.07, 6.45) is 0. The van der Waals surface area contributed by atoms with Crippen molar-refractivity contribution in [2.45, 2.75) is 13.1 Å². The first kappa shape index (κ1) is 25.7. The van der Waals surface area contributed by atoms with Gasteiger partial charge in [0.25, 0.3) is 0 Å². The van der Waals surface area contributed by atoms with Crippen molar-refractivity contribution in [1.82, 2.24) is 0 Å². The monoisotopic (exact) mass is 466 g/mol. The summed E-state index contributed by atoms with van der Waals surface area (Å²) in [5.74, 6) is 0. The summed E-state index contributed by atoms with van der Waals surface area (Å²) in [5, 5.41) is 36.5. The van der Waals surface area contributed by atoms with E-state index >= 15 is 0 Å². The molecule has 2 aromatic carbocycles. The van der Waals surface area contributed by atoms with Gasteiger partial charge in [-0.25, -0.2) is 0 Å². The van der Waals surface area contributed by atoms with Crippen molar-refractivity contribution in [3.63, 3.8) is 0 Å². The van der Waals surface area contributed by atoms with Gasteiger partial charge in [-0.05, 0) is 12.1 Å². The van der Waals surface area contributed by atoms with Gasteiger partial charge in [-0.1, -0.05) is 24.3 Å². The highest BCUT2D eigenvalue weighted by Crippen LogP contribution is 2.32. The summed E-state index contributed by atoms with van der Waals surface area (Å²) >= 11 is 0. The van der Waals surface area contributed by atoms with Gasteiger partial charge < -0.3 is 55.2 Å². The van der Waals surface area contributed by atoms with Gasteiger partial charge >= 0.3 is 0 Å². The van der Waals surface area contributed by atoms with Crippen LogP contribution in [-0.2, 0) is 22.6 Å². The minimum Gasteiger partial charge on any atom is -0.455 e. The van der Waals surface area contributed by atoms with Crippen molar-refractivity contribution >= 4 is 21.9 Å². The standard InChI is InChI=1S/C20H24N2O3.2NO3/c1-3-15-13-21-7-9-23-11-12-24-10-8-22-14-16-4-2-6-18-17(5-1)19(15)25-20(16)18;2*2-1(3)4/h1-6,21-22H,7-14H2;;/q;2*-1/p+2. The van der Waals surface area contributed by atoms with Crippen LogP contribution in [0.3, 0.4) is 0 Å². The first-order valence-electron chi connectivity index (χ1n) is 10.2. The number of ether oxygens (including phenoxy) is 2. The Kier molecular flexibility index (Phi) is 10.8. The summed E-state index contributed by atoms with van der Waals surface area (Å²) in [7, 11) is 0. The van der Waals surface area contributed by atoms with Gasteiger partial charge in [0.2, 0.25) is 0 Å². The molecule has 3 aromatic rings. The van der Waals surface area contributed by atoms with Crippen molar-refractivity contribution in [2.24, 2.45) is 0 Å². The molecule has 13 nitrogen and oxygen atoms in total. The van der Waals surface area contributed by atoms with Crippen LogP contribution in [0.5, 0.6) is 0 Å². The lowest BCUT2D eigenvalue weighted by molar-refractivity contribution is -0.672. The van der Waals surface area contributed by atoms with Crippen molar-refractivity contribution in [1.29, 1.82) is 0 Å². The van der Waals surface area contributed by atoms with Gasteiger partial charge in [0.1, 0.15) is 24.3 Å². The smallest absolute Gasteiger partial charge is 0.144 e. The van der Waals surface area contributed by atoms with Crippen LogP contribution in [0.1, 0.15) is 11.1 Å². The Balaban J connectivity index is 0.000000420. The zero-order valence-corrected chi connectivity index (χ0v) is 17.8. The molecule has 1 aliphatic rings. The SMILES string of the molecule is O=[N+]([O-])[O-].O=[N+]([O-])[O-].c1cc2c3oc4c(cccc4c3c1)C[NH2+]CCOCCOCC[NH2+]C2. The highest BCUT2D eigenvalue weighted by Gasteiger charge is 2.14. The van der Waals surface area contributed by atoms with Crippen LogP contribution in [0.25, 0.3) is 21.9 Å². The molecular formula is C20H26N4O9. The summed E-state index contributed by atoms with van der Waals surface area (Å²) in [5.41, 5.74) is 4.54. The second-order valence-corrected chi connectivity index (χ2v) is 6.92. The van der Waals surface area contributed by atoms with Gasteiger partial charge in [-0.15, -0.1) is 0 Å². The number of rotatable bonds is 0. The third-order valence-corrected chi connectivity index (χ3v) is 4.72. The molecule has 33 heavy (non-hydrogen) atoms. The van der Waals surface area contributed by atoms with Crippen LogP contribution in [-0.4, -0.2) is 49.7 Å². The minimum atomic E-state index is -1.75. The van der Waals surface area contributed by atoms with E-state index in [4.69, 9.17) is 44.5 Å². The molecule has 1 aromatic heterocycles. The molecule has 0 saturated heterocycles. The predicted molar refractivity (Wildman–Crippen MR) is 117 cm³/mol. The fourth-order valence-electron chi connectivity index (χ4n) is 3.43. The molecule has 4 rings (SSSR count). The van der Waals surface area contributed by atoms with E-state index in [0.717, 1.165) is 50.6 Å². The van der Waals surface area contributed by atoms with E-state index in [1.54, 1.807) is 0 Å². The molecule has 2 heterocycles. The Labute approximate surface area is 188 Å². The molecule has 2 bridgehead atoms. The fourth-order valence-corrected chi connectivity index (χ4v) is 3.43. The van der Waals surface area contributed by atoms with Crippen LogP contribution in [0.2, 0.25) is 0 Å². The quantitative estimate of drug-likeness (QED) is 0.345. The lowest BCUT2D eigenvalue weighted by Gasteiger charge is -2.06. The highest BCUT2D eigenvalue weighted by molar-refractivity contribution is 6.06. The Morgan fingerprint density at radius 3 is 1.45 bits per heavy atom. The molecule has 0 radical (unpaired) electrons. The predicted octanol–water partition coefficient (Wildman–Crippen LogP) is 0.281. The molecule has 0 unspecified atom stereocenters. The lowest BCUT2D eigenvalue weighted by Crippen LogP contribution is -2.83. The van der Waals surface area contributed by atoms with Crippen LogP contribution in [0, 0.1) is 30.6 Å². The van der Waals surface area contributed by atoms with Crippen LogP contribution in [0.4, 0.5) is 0 Å². The Bertz CT molecular complexity index is 953. The Morgan fingerprint density at radius 1 is 0.667 bits per heavy atom. The number of fused-ring (bicyclic) bond motifs is 1. The molecule has 0 amide bonds. The van der Waals surface area contributed by atoms with Crippen LogP contribution >= 0.6 is 0 Å². The van der Waals surface area contributed by atoms with E-state index in [0.29, 0.717) is 13.2 Å². The number of furan rings is 1. The topological polar surface area (TPSA) is 197 Å². The van der Waals surface area contributed by atoms with Gasteiger partial charge in [-0.2, -0.15) is 0 Å². The molecule has 0 spiro atoms. The number of hydrogen-bond donors (Lipinski definition) is 2. The fraction of sp³-hybridized carbons (Fsp3) is 0.400. The first-order valence-corrected chi connectivity index (χ1v) is 10.2. The van der Waals surface area contributed by atoms with Gasteiger partial charge in [0.15, 0.2) is 0 Å². The highest BCUT2D eigenvalue weighted by atomic mass is 16.9. The maximum atomic E-state index is 8.25. The van der Waals surface area contributed by atoms with Crippen molar-refractivity contribution < 1.29 is 34.7 Å². The van der Waals surface area contributed by atoms with E-state index in [9.17, 15) is 0 Å². The average Bonchev–Trinajstić information content (AvgIpc) is 3.13. The minimum absolute atomic E-state index is 0.671. The maximum absolute atomic E-state index is 8.25. The van der Waals surface area contributed by atoms with E-state index < -0.39 is 10.2 Å². The Morgan fingerprint density at radius 2 is 1.06 bits per heavy atom. The number of hydrogen-bond acceptors (Lipinski definition) is 9. The zero-order chi connectivity index (χ0) is 24.1. The third kappa shape index (κ3) is 8.86. The normalized spacial score (nSPS) is 15.2. The number of benzene rings is 2. The maximum Gasteiger partial charge on any atom is 0.144 e. The summed E-state index contributed by atoms with van der Waals surface area (Å²) in [4.78, 5) is 16.5. The molecule has 0 fully saturated rings. The number of para-hydroxylation sites is 2. The molecule has 0 aliphatic carbocycles. The average molecular weight is 466 g/mol. The van der Waals surface area contributed by atoms with Crippen molar-refractivity contribution in [3.05, 3.63) is 78.2 Å². The molecule has 180 valence electrons. The zero-order valence-electron chi connectivity index (χ0n) is 17.8. The molecular weight excluding hydrogens is 440 g/mol. The summed E-state index contributed by atoms with van der Waals surface area (Å²) in [6.45, 7) is 6.52. The third-order valence-electron chi connectivity index (χ3n) is 4.72. The molecule has 13 heteroatoms. The van der Waals surface area contributed by atoms with Gasteiger partial charge in [0, 0.05) is 21.9 Å². The van der Waals surface area contributed by atoms with E-state index in [-0.39, 0.29) is 0 Å². The lowest BCUT2D eigenvalue weighted by atomic mass is 10.1. The molecule has 1 aliphatic heterocycles. The molecule has 0 atom stereocenters. The summed E-state index contributed by atoms with van der Waals surface area (Å²) in [6, 6.07) is 12.9. The second kappa shape index (κ2) is 13.8. The van der Waals surface area contributed by atoms with Crippen LogP contribution in [0.15, 0.2) is 40.8 Å². The van der Waals surface area contributed by atoms with Gasteiger partial charge in [-0.3, -0.25) is 0 Å². The van der Waals surface area contributed by atoms with Crippen LogP contribution < -0.4 is 10.6 Å². The van der Waals surface area contributed by atoms with Gasteiger partial charge in [0.05, 0.1) is 49.7 Å². The molecule has 0 saturated carbocycles. The Hall–Kier alpha value is -3.52. The number of nitrogens with two attached hydrogens (primary N) is 2. The number of quaternary nitrogens is 2. The summed E-state index contributed by atoms with van der Waals surface area (Å²) < 4.78 is 17.6.